The summed E-state index contributed by atoms with van der Waals surface area (Å²) in [6.07, 6.45) is 12.4. The van der Waals surface area contributed by atoms with Gasteiger partial charge in [0.25, 0.3) is 0 Å². The van der Waals surface area contributed by atoms with E-state index in [2.05, 4.69) is 97.7 Å². The first-order valence-electron chi connectivity index (χ1n) is 12.3. The van der Waals surface area contributed by atoms with E-state index in [4.69, 9.17) is 4.99 Å². The Morgan fingerprint density at radius 3 is 2.43 bits per heavy atom. The molecule has 35 heavy (non-hydrogen) atoms. The Labute approximate surface area is 205 Å². The molecule has 3 nitrogen and oxygen atoms in total. The largest absolute Gasteiger partial charge is 0.326 e. The van der Waals surface area contributed by atoms with Gasteiger partial charge >= 0.3 is 0 Å². The second kappa shape index (κ2) is 8.35. The standard InChI is InChI=1S/C32H28N2O/c1-3-28-24-17-21(2)20-32(28,29-14-15-31(35)34-30(29)19-24)33-16-8-13-27-25-11-6-4-9-22(25)18-23-10-5-7-12-26(23)27/h3-18,24H,19-20H2,1-2H3,(H,34,35)/b13-8+,28-3+,33-16?. The quantitative estimate of drug-likeness (QED) is 0.199. The maximum absolute atomic E-state index is 12.1. The molecule has 0 saturated heterocycles. The number of hydrogen-bond donors (Lipinski definition) is 1. The molecule has 2 bridgehead atoms. The summed E-state index contributed by atoms with van der Waals surface area (Å²) in [5, 5.41) is 4.94. The smallest absolute Gasteiger partial charge is 0.248 e. The summed E-state index contributed by atoms with van der Waals surface area (Å²) in [5.41, 5.74) is 5.49. The van der Waals surface area contributed by atoms with E-state index >= 15 is 0 Å². The lowest BCUT2D eigenvalue weighted by Gasteiger charge is -2.45. The van der Waals surface area contributed by atoms with Gasteiger partial charge < -0.3 is 4.98 Å². The predicted molar refractivity (Wildman–Crippen MR) is 147 cm³/mol. The molecule has 0 aliphatic heterocycles. The molecular formula is C32H28N2O. The maximum Gasteiger partial charge on any atom is 0.248 e. The fraction of sp³-hybridized carbons (Fsp3) is 0.188. The Bertz CT molecular complexity index is 1600. The minimum Gasteiger partial charge on any atom is -0.326 e. The molecule has 0 spiro atoms. The van der Waals surface area contributed by atoms with Crippen LogP contribution < -0.4 is 5.56 Å². The third-order valence-corrected chi connectivity index (χ3v) is 7.54. The van der Waals surface area contributed by atoms with Crippen LogP contribution in [0.15, 0.2) is 106 Å². The molecule has 0 radical (unpaired) electrons. The molecule has 172 valence electrons. The lowest BCUT2D eigenvalue weighted by atomic mass is 9.63. The number of aliphatic imine (C=N–C) groups is 1. The molecule has 0 saturated carbocycles. The van der Waals surface area contributed by atoms with E-state index in [1.54, 1.807) is 6.07 Å². The molecule has 0 fully saturated rings. The van der Waals surface area contributed by atoms with Crippen molar-refractivity contribution < 1.29 is 0 Å². The SMILES string of the molecule is C/C=C1\C2C=C(C)CC1(N=C/C=C/c1c3ccccc3cc3ccccc13)c1ccc(=O)[nH]c1C2. The molecule has 3 heteroatoms. The zero-order valence-electron chi connectivity index (χ0n) is 20.1. The number of fused-ring (bicyclic) bond motifs is 6. The second-order valence-corrected chi connectivity index (χ2v) is 9.69. The summed E-state index contributed by atoms with van der Waals surface area (Å²) in [4.78, 5) is 20.4. The summed E-state index contributed by atoms with van der Waals surface area (Å²) >= 11 is 0. The van der Waals surface area contributed by atoms with Gasteiger partial charge in [-0.25, -0.2) is 0 Å². The third-order valence-electron chi connectivity index (χ3n) is 7.54. The van der Waals surface area contributed by atoms with Gasteiger partial charge in [0, 0.05) is 35.9 Å². The van der Waals surface area contributed by atoms with Crippen LogP contribution in [-0.4, -0.2) is 11.2 Å². The highest BCUT2D eigenvalue weighted by Crippen LogP contribution is 2.51. The Hall–Kier alpha value is -3.98. The van der Waals surface area contributed by atoms with Crippen LogP contribution in [-0.2, 0) is 12.0 Å². The van der Waals surface area contributed by atoms with E-state index in [0.29, 0.717) is 0 Å². The van der Waals surface area contributed by atoms with Crippen molar-refractivity contribution in [1.29, 1.82) is 0 Å². The van der Waals surface area contributed by atoms with Gasteiger partial charge in [0.15, 0.2) is 0 Å². The van der Waals surface area contributed by atoms with Crippen LogP contribution in [0, 0.1) is 5.92 Å². The number of aromatic nitrogens is 1. The highest BCUT2D eigenvalue weighted by molar-refractivity contribution is 6.07. The Morgan fingerprint density at radius 2 is 1.71 bits per heavy atom. The Balaban J connectivity index is 1.47. The maximum atomic E-state index is 12.1. The summed E-state index contributed by atoms with van der Waals surface area (Å²) < 4.78 is 0. The molecule has 2 aliphatic rings. The number of nitrogens with one attached hydrogen (secondary N) is 1. The average Bonchev–Trinajstić information content (AvgIpc) is 2.85. The monoisotopic (exact) mass is 456 g/mol. The van der Waals surface area contributed by atoms with Crippen molar-refractivity contribution in [1.82, 2.24) is 4.98 Å². The van der Waals surface area contributed by atoms with Crippen LogP contribution in [0.2, 0.25) is 0 Å². The van der Waals surface area contributed by atoms with Crippen LogP contribution in [0.1, 0.15) is 37.1 Å². The summed E-state index contributed by atoms with van der Waals surface area (Å²) in [6, 6.07) is 22.9. The number of allylic oxidation sites excluding steroid dienone is 3. The number of benzene rings is 3. The molecule has 0 amide bonds. The van der Waals surface area contributed by atoms with Crippen molar-refractivity contribution in [3.05, 3.63) is 123 Å². The van der Waals surface area contributed by atoms with Crippen LogP contribution in [0.25, 0.3) is 27.6 Å². The fourth-order valence-corrected chi connectivity index (χ4v) is 6.19. The highest BCUT2D eigenvalue weighted by Gasteiger charge is 2.46. The van der Waals surface area contributed by atoms with Crippen molar-refractivity contribution in [2.75, 3.05) is 0 Å². The molecular weight excluding hydrogens is 428 g/mol. The molecule has 3 aromatic carbocycles. The third kappa shape index (κ3) is 3.50. The first kappa shape index (κ1) is 21.5. The van der Waals surface area contributed by atoms with Gasteiger partial charge in [0.05, 0.1) is 0 Å². The van der Waals surface area contributed by atoms with Crippen LogP contribution >= 0.6 is 0 Å². The average molecular weight is 457 g/mol. The van der Waals surface area contributed by atoms with Gasteiger partial charge in [-0.3, -0.25) is 9.79 Å². The summed E-state index contributed by atoms with van der Waals surface area (Å²) in [6.45, 7) is 4.30. The highest BCUT2D eigenvalue weighted by atomic mass is 16.1. The zero-order chi connectivity index (χ0) is 24.0. The van der Waals surface area contributed by atoms with Crippen molar-refractivity contribution in [2.24, 2.45) is 10.9 Å². The van der Waals surface area contributed by atoms with Crippen molar-refractivity contribution in [3.63, 3.8) is 0 Å². The number of pyridine rings is 1. The summed E-state index contributed by atoms with van der Waals surface area (Å²) in [5.74, 6) is 0.266. The number of hydrogen-bond acceptors (Lipinski definition) is 2. The number of nitrogens with zero attached hydrogens (tertiary/aromatic N) is 1. The van der Waals surface area contributed by atoms with E-state index in [-0.39, 0.29) is 11.5 Å². The minimum absolute atomic E-state index is 0.0479. The van der Waals surface area contributed by atoms with E-state index < -0.39 is 5.54 Å². The second-order valence-electron chi connectivity index (χ2n) is 9.69. The fourth-order valence-electron chi connectivity index (χ4n) is 6.19. The molecule has 1 heterocycles. The van der Waals surface area contributed by atoms with E-state index in [9.17, 15) is 4.79 Å². The number of aromatic amines is 1. The molecule has 2 aliphatic carbocycles. The van der Waals surface area contributed by atoms with E-state index in [0.717, 1.165) is 24.1 Å². The van der Waals surface area contributed by atoms with Gasteiger partial charge in [0.1, 0.15) is 5.54 Å². The van der Waals surface area contributed by atoms with Gasteiger partial charge in [-0.2, -0.15) is 0 Å². The van der Waals surface area contributed by atoms with Crippen LogP contribution in [0.4, 0.5) is 0 Å². The molecule has 2 atom stereocenters. The van der Waals surface area contributed by atoms with Gasteiger partial charge in [-0.1, -0.05) is 72.3 Å². The van der Waals surface area contributed by atoms with Gasteiger partial charge in [-0.15, -0.1) is 0 Å². The van der Waals surface area contributed by atoms with Crippen LogP contribution in [0.5, 0.6) is 0 Å². The van der Waals surface area contributed by atoms with Crippen LogP contribution in [0.3, 0.4) is 0 Å². The molecule has 2 unspecified atom stereocenters. The lowest BCUT2D eigenvalue weighted by molar-refractivity contribution is 0.413. The molecule has 6 rings (SSSR count). The van der Waals surface area contributed by atoms with E-state index in [1.807, 2.05) is 12.3 Å². The molecule has 4 aromatic rings. The predicted octanol–water partition coefficient (Wildman–Crippen LogP) is 7.13. The zero-order valence-corrected chi connectivity index (χ0v) is 20.1. The number of rotatable bonds is 3. The van der Waals surface area contributed by atoms with E-state index in [1.165, 1.54) is 38.3 Å². The number of H-pyrrole nitrogens is 1. The first-order valence-corrected chi connectivity index (χ1v) is 12.3. The van der Waals surface area contributed by atoms with Crippen molar-refractivity contribution in [3.8, 4) is 0 Å². The lowest BCUT2D eigenvalue weighted by Crippen LogP contribution is -2.40. The molecule has 1 aromatic heterocycles. The Morgan fingerprint density at radius 1 is 1.00 bits per heavy atom. The Kier molecular flexibility index (Phi) is 5.14. The van der Waals surface area contributed by atoms with Gasteiger partial charge in [-0.05, 0) is 71.2 Å². The summed E-state index contributed by atoms with van der Waals surface area (Å²) in [7, 11) is 0. The minimum atomic E-state index is -0.471. The van der Waals surface area contributed by atoms with Gasteiger partial charge in [0.2, 0.25) is 5.56 Å². The van der Waals surface area contributed by atoms with Crippen molar-refractivity contribution >= 4 is 33.8 Å². The van der Waals surface area contributed by atoms with Crippen molar-refractivity contribution in [2.45, 2.75) is 32.2 Å². The first-order chi connectivity index (χ1) is 17.1. The molecule has 1 N–H and O–H groups in total. The normalized spacial score (nSPS) is 22.9. The topological polar surface area (TPSA) is 45.2 Å².